The van der Waals surface area contributed by atoms with Crippen LogP contribution in [0.5, 0.6) is 0 Å². The lowest BCUT2D eigenvalue weighted by molar-refractivity contribution is -0.150. The van der Waals surface area contributed by atoms with E-state index in [4.69, 9.17) is 10.5 Å². The summed E-state index contributed by atoms with van der Waals surface area (Å²) in [7, 11) is 0. The van der Waals surface area contributed by atoms with Crippen molar-refractivity contribution >= 4 is 0 Å². The minimum Gasteiger partial charge on any atom is -0.372 e. The predicted octanol–water partition coefficient (Wildman–Crippen LogP) is 2.17. The Hall–Kier alpha value is -0.220. The molecule has 1 fully saturated rings. The van der Waals surface area contributed by atoms with Crippen molar-refractivity contribution in [3.05, 3.63) is 0 Å². The Morgan fingerprint density at radius 1 is 1.43 bits per heavy atom. The van der Waals surface area contributed by atoms with E-state index >= 15 is 0 Å². The first-order valence-electron chi connectivity index (χ1n) is 5.22. The molecule has 0 bridgehead atoms. The van der Waals surface area contributed by atoms with Crippen LogP contribution in [0.2, 0.25) is 0 Å². The molecule has 4 heteroatoms. The van der Waals surface area contributed by atoms with Gasteiger partial charge in [0, 0.05) is 11.5 Å². The van der Waals surface area contributed by atoms with Gasteiger partial charge < -0.3 is 10.5 Å². The van der Waals surface area contributed by atoms with Gasteiger partial charge in [0.15, 0.2) is 0 Å². The molecule has 0 aromatic rings. The Balaban J connectivity index is 2.47. The van der Waals surface area contributed by atoms with Crippen molar-refractivity contribution in [2.75, 3.05) is 6.61 Å². The first kappa shape index (κ1) is 11.9. The molecule has 14 heavy (non-hydrogen) atoms. The fraction of sp³-hybridized carbons (Fsp3) is 1.00. The molecule has 0 heterocycles. The summed E-state index contributed by atoms with van der Waals surface area (Å²) in [5.74, 6) is 0. The van der Waals surface area contributed by atoms with E-state index < -0.39 is 13.0 Å². The molecule has 0 amide bonds. The fourth-order valence-electron chi connectivity index (χ4n) is 2.43. The normalized spacial score (nSPS) is 30.4. The summed E-state index contributed by atoms with van der Waals surface area (Å²) in [5, 5.41) is 0. The van der Waals surface area contributed by atoms with E-state index in [0.29, 0.717) is 6.42 Å². The van der Waals surface area contributed by atoms with E-state index in [1.807, 2.05) is 13.8 Å². The van der Waals surface area contributed by atoms with Gasteiger partial charge in [0.05, 0.1) is 6.10 Å². The van der Waals surface area contributed by atoms with Crippen LogP contribution in [0, 0.1) is 5.41 Å². The zero-order chi connectivity index (χ0) is 10.8. The second kappa shape index (κ2) is 4.53. The van der Waals surface area contributed by atoms with Crippen molar-refractivity contribution in [2.45, 2.75) is 51.7 Å². The van der Waals surface area contributed by atoms with Crippen molar-refractivity contribution < 1.29 is 13.5 Å². The number of ether oxygens (including phenoxy) is 1. The summed E-state index contributed by atoms with van der Waals surface area (Å²) in [5.41, 5.74) is 5.85. The summed E-state index contributed by atoms with van der Waals surface area (Å²) in [6.07, 6.45) is 0.0747. The molecule has 84 valence electrons. The zero-order valence-corrected chi connectivity index (χ0v) is 8.80. The fourth-order valence-corrected chi connectivity index (χ4v) is 2.43. The Morgan fingerprint density at radius 3 is 2.36 bits per heavy atom. The van der Waals surface area contributed by atoms with E-state index in [2.05, 4.69) is 0 Å². The molecule has 0 spiro atoms. The summed E-state index contributed by atoms with van der Waals surface area (Å²) in [6.45, 7) is 3.63. The monoisotopic (exact) mass is 207 g/mol. The highest BCUT2D eigenvalue weighted by atomic mass is 19.3. The molecule has 1 aliphatic rings. The minimum atomic E-state index is -2.38. The van der Waals surface area contributed by atoms with Gasteiger partial charge in [-0.3, -0.25) is 0 Å². The largest absolute Gasteiger partial charge is 0.372 e. The summed E-state index contributed by atoms with van der Waals surface area (Å²) in [6, 6.07) is 0.111. The van der Waals surface area contributed by atoms with Gasteiger partial charge in [0.25, 0.3) is 6.43 Å². The average molecular weight is 207 g/mol. The Bertz CT molecular complexity index is 183. The number of hydrogen-bond donors (Lipinski definition) is 1. The molecule has 0 aromatic heterocycles. The maximum Gasteiger partial charge on any atom is 0.261 e. The van der Waals surface area contributed by atoms with Crippen LogP contribution in [-0.2, 0) is 4.74 Å². The molecular weight excluding hydrogens is 188 g/mol. The van der Waals surface area contributed by atoms with Crippen molar-refractivity contribution in [2.24, 2.45) is 11.1 Å². The van der Waals surface area contributed by atoms with Crippen LogP contribution in [0.3, 0.4) is 0 Å². The van der Waals surface area contributed by atoms with Gasteiger partial charge in [-0.25, -0.2) is 8.78 Å². The Labute approximate surface area is 83.8 Å². The van der Waals surface area contributed by atoms with E-state index in [1.165, 1.54) is 0 Å². The van der Waals surface area contributed by atoms with Crippen LogP contribution < -0.4 is 5.73 Å². The number of halogens is 2. The summed E-state index contributed by atoms with van der Waals surface area (Å²) in [4.78, 5) is 0. The SMILES string of the molecule is CCC1(CC)C(N)CC1OCC(F)F. The smallest absolute Gasteiger partial charge is 0.261 e. The predicted molar refractivity (Wildman–Crippen MR) is 51.4 cm³/mol. The van der Waals surface area contributed by atoms with Crippen LogP contribution in [0.1, 0.15) is 33.1 Å². The minimum absolute atomic E-state index is 0.0606. The van der Waals surface area contributed by atoms with Crippen LogP contribution in [0.4, 0.5) is 8.78 Å². The van der Waals surface area contributed by atoms with E-state index in [9.17, 15) is 8.78 Å². The lowest BCUT2D eigenvalue weighted by Crippen LogP contribution is -2.61. The molecule has 1 aliphatic carbocycles. The number of rotatable bonds is 5. The number of alkyl halides is 2. The van der Waals surface area contributed by atoms with Crippen LogP contribution in [0.15, 0.2) is 0 Å². The zero-order valence-electron chi connectivity index (χ0n) is 8.80. The summed E-state index contributed by atoms with van der Waals surface area (Å²) < 4.78 is 29.1. The molecule has 2 nitrogen and oxygen atoms in total. The van der Waals surface area contributed by atoms with Gasteiger partial charge in [0.1, 0.15) is 6.61 Å². The molecular formula is C10H19F2NO. The average Bonchev–Trinajstić information content (AvgIpc) is 2.14. The van der Waals surface area contributed by atoms with Crippen LogP contribution in [-0.4, -0.2) is 25.2 Å². The lowest BCUT2D eigenvalue weighted by Gasteiger charge is -2.53. The second-order valence-corrected chi connectivity index (χ2v) is 4.00. The third kappa shape index (κ3) is 1.91. The lowest BCUT2D eigenvalue weighted by atomic mass is 9.59. The second-order valence-electron chi connectivity index (χ2n) is 4.00. The van der Waals surface area contributed by atoms with Crippen molar-refractivity contribution in [1.29, 1.82) is 0 Å². The Kier molecular flexibility index (Phi) is 3.84. The van der Waals surface area contributed by atoms with Crippen molar-refractivity contribution in [1.82, 2.24) is 0 Å². The van der Waals surface area contributed by atoms with Crippen molar-refractivity contribution in [3.63, 3.8) is 0 Å². The third-order valence-corrected chi connectivity index (χ3v) is 3.59. The molecule has 2 atom stereocenters. The van der Waals surface area contributed by atoms with Gasteiger partial charge in [-0.05, 0) is 19.3 Å². The first-order chi connectivity index (χ1) is 6.56. The molecule has 2 unspecified atom stereocenters. The first-order valence-corrected chi connectivity index (χ1v) is 5.22. The molecule has 0 saturated heterocycles. The van der Waals surface area contributed by atoms with Crippen LogP contribution >= 0.6 is 0 Å². The van der Waals surface area contributed by atoms with Gasteiger partial charge in [-0.2, -0.15) is 0 Å². The molecule has 0 radical (unpaired) electrons. The standard InChI is InChI=1S/C10H19F2NO/c1-3-10(4-2)7(13)5-8(10)14-6-9(11)12/h7-9H,3-6,13H2,1-2H3. The highest BCUT2D eigenvalue weighted by Gasteiger charge is 2.51. The molecule has 1 rings (SSSR count). The van der Waals surface area contributed by atoms with Crippen molar-refractivity contribution in [3.8, 4) is 0 Å². The van der Waals surface area contributed by atoms with Gasteiger partial charge in [-0.15, -0.1) is 0 Å². The molecule has 2 N–H and O–H groups in total. The molecule has 1 saturated carbocycles. The van der Waals surface area contributed by atoms with E-state index in [0.717, 1.165) is 12.8 Å². The quantitative estimate of drug-likeness (QED) is 0.750. The van der Waals surface area contributed by atoms with Gasteiger partial charge >= 0.3 is 0 Å². The summed E-state index contributed by atoms with van der Waals surface area (Å²) >= 11 is 0. The number of hydrogen-bond acceptors (Lipinski definition) is 2. The molecule has 0 aromatic carbocycles. The van der Waals surface area contributed by atoms with Crippen LogP contribution in [0.25, 0.3) is 0 Å². The van der Waals surface area contributed by atoms with Gasteiger partial charge in [-0.1, -0.05) is 13.8 Å². The third-order valence-electron chi connectivity index (χ3n) is 3.59. The maximum atomic E-state index is 12.0. The highest BCUT2D eigenvalue weighted by Crippen LogP contribution is 2.47. The topological polar surface area (TPSA) is 35.2 Å². The highest BCUT2D eigenvalue weighted by molar-refractivity contribution is 5.05. The van der Waals surface area contributed by atoms with Gasteiger partial charge in [0.2, 0.25) is 0 Å². The number of nitrogens with two attached hydrogens (primary N) is 1. The molecule has 0 aliphatic heterocycles. The Morgan fingerprint density at radius 2 is 2.00 bits per heavy atom. The van der Waals surface area contributed by atoms with E-state index in [1.54, 1.807) is 0 Å². The maximum absolute atomic E-state index is 12.0. The van der Waals surface area contributed by atoms with E-state index in [-0.39, 0.29) is 17.6 Å².